The highest BCUT2D eigenvalue weighted by Gasteiger charge is 2.24. The van der Waals surface area contributed by atoms with E-state index in [1.807, 2.05) is 0 Å². The van der Waals surface area contributed by atoms with Crippen LogP contribution >= 0.6 is 0 Å². The van der Waals surface area contributed by atoms with Crippen molar-refractivity contribution in [2.45, 2.75) is 0 Å². The van der Waals surface area contributed by atoms with E-state index in [9.17, 15) is 9.59 Å². The summed E-state index contributed by atoms with van der Waals surface area (Å²) in [6.45, 7) is 0. The van der Waals surface area contributed by atoms with E-state index in [-0.39, 0.29) is 0 Å². The van der Waals surface area contributed by atoms with Gasteiger partial charge in [-0.05, 0) is 24.3 Å². The molecule has 0 N–H and O–H groups in total. The first-order chi connectivity index (χ1) is 14.6. The topological polar surface area (TPSA) is 95.8 Å². The summed E-state index contributed by atoms with van der Waals surface area (Å²) in [5, 5.41) is 0.973. The van der Waals surface area contributed by atoms with Crippen molar-refractivity contribution in [1.29, 1.82) is 0 Å². The van der Waals surface area contributed by atoms with Crippen LogP contribution in [0.4, 0.5) is 11.4 Å². The number of carbonyl (C=O) groups is 2. The van der Waals surface area contributed by atoms with E-state index < -0.39 is 11.9 Å². The highest BCUT2D eigenvalue weighted by Crippen LogP contribution is 2.39. The van der Waals surface area contributed by atoms with Gasteiger partial charge in [-0.1, -0.05) is 12.1 Å². The predicted octanol–water partition coefficient (Wildman–Crippen LogP) is 3.37. The lowest BCUT2D eigenvalue weighted by molar-refractivity contribution is 0.0592. The minimum absolute atomic E-state index is 0.303. The van der Waals surface area contributed by atoms with Gasteiger partial charge in [0.1, 0.15) is 22.1 Å². The van der Waals surface area contributed by atoms with Crippen LogP contribution in [0.15, 0.2) is 58.5 Å². The lowest BCUT2D eigenvalue weighted by Crippen LogP contribution is -2.19. The number of esters is 2. The largest absolute Gasteiger partial charge is 0.465 e. The molecular weight excluding hydrogens is 388 g/mol. The van der Waals surface area contributed by atoms with Gasteiger partial charge in [0.25, 0.3) is 0 Å². The number of benzene rings is 3. The molecule has 0 aromatic heterocycles. The van der Waals surface area contributed by atoms with Crippen LogP contribution in [0.1, 0.15) is 20.7 Å². The Bertz CT molecular complexity index is 1260. The molecule has 30 heavy (non-hydrogen) atoms. The molecule has 0 saturated heterocycles. The molecule has 3 aromatic rings. The first-order valence-corrected chi connectivity index (χ1v) is 8.99. The fourth-order valence-electron chi connectivity index (χ4n) is 3.34. The molecule has 0 atom stereocenters. The first kappa shape index (κ1) is 17.9. The van der Waals surface area contributed by atoms with Crippen LogP contribution in [0.2, 0.25) is 0 Å². The Morgan fingerprint density at radius 3 is 1.53 bits per heavy atom. The third kappa shape index (κ3) is 2.69. The number of fused-ring (bicyclic) bond motifs is 4. The molecule has 2 aliphatic heterocycles. The maximum atomic E-state index is 12.1. The zero-order valence-corrected chi connectivity index (χ0v) is 16.0. The van der Waals surface area contributed by atoms with Gasteiger partial charge in [0, 0.05) is 12.1 Å². The van der Waals surface area contributed by atoms with Crippen molar-refractivity contribution < 1.29 is 28.5 Å². The maximum Gasteiger partial charge on any atom is 0.340 e. The van der Waals surface area contributed by atoms with E-state index in [2.05, 4.69) is 9.98 Å². The normalized spacial score (nSPS) is 12.3. The lowest BCUT2D eigenvalue weighted by atomic mass is 10.1. The van der Waals surface area contributed by atoms with Gasteiger partial charge in [-0.15, -0.1) is 0 Å². The number of ether oxygens (including phenoxy) is 4. The number of para-hydroxylation sites is 2. The predicted molar refractivity (Wildman–Crippen MR) is 104 cm³/mol. The molecule has 0 radical (unpaired) electrons. The van der Waals surface area contributed by atoms with E-state index in [0.717, 1.165) is 0 Å². The Morgan fingerprint density at radius 1 is 0.700 bits per heavy atom. The van der Waals surface area contributed by atoms with Crippen LogP contribution in [0, 0.1) is 0 Å². The summed E-state index contributed by atoms with van der Waals surface area (Å²) < 4.78 is 21.6. The second-order valence-corrected chi connectivity index (χ2v) is 6.50. The third-order valence-electron chi connectivity index (χ3n) is 4.75. The van der Waals surface area contributed by atoms with Gasteiger partial charge in [0.15, 0.2) is 23.0 Å². The average Bonchev–Trinajstić information content (AvgIpc) is 2.78. The molecule has 8 heteroatoms. The van der Waals surface area contributed by atoms with Crippen molar-refractivity contribution in [3.8, 4) is 23.0 Å². The van der Waals surface area contributed by atoms with Crippen molar-refractivity contribution in [2.24, 2.45) is 9.98 Å². The minimum Gasteiger partial charge on any atom is -0.465 e. The van der Waals surface area contributed by atoms with E-state index in [1.165, 1.54) is 14.2 Å². The maximum absolute atomic E-state index is 12.1. The number of carbonyl (C=O) groups excluding carboxylic acids is 2. The molecule has 5 rings (SSSR count). The van der Waals surface area contributed by atoms with E-state index >= 15 is 0 Å². The quantitative estimate of drug-likeness (QED) is 0.420. The van der Waals surface area contributed by atoms with Crippen molar-refractivity contribution in [3.63, 3.8) is 0 Å². The Labute approximate surface area is 170 Å². The Kier molecular flexibility index (Phi) is 3.99. The minimum atomic E-state index is -0.504. The molecule has 0 spiro atoms. The van der Waals surface area contributed by atoms with Crippen molar-refractivity contribution in [2.75, 3.05) is 14.2 Å². The van der Waals surface area contributed by atoms with E-state index in [4.69, 9.17) is 18.9 Å². The summed E-state index contributed by atoms with van der Waals surface area (Å²) in [6, 6.07) is 13.4. The van der Waals surface area contributed by atoms with Gasteiger partial charge in [0.2, 0.25) is 0 Å². The monoisotopic (exact) mass is 402 g/mol. The van der Waals surface area contributed by atoms with Crippen LogP contribution in [0.5, 0.6) is 23.0 Å². The fraction of sp³-hybridized carbons (Fsp3) is 0.0909. The van der Waals surface area contributed by atoms with Gasteiger partial charge in [-0.3, -0.25) is 0 Å². The SMILES string of the molecule is COC(=O)c1cccc2c1N=c1cc3c(cc1O2)=Nc1c(cccc1C(=O)OC)O3. The molecule has 0 bridgehead atoms. The average molecular weight is 402 g/mol. The van der Waals surface area contributed by atoms with Gasteiger partial charge < -0.3 is 18.9 Å². The molecule has 0 fully saturated rings. The van der Waals surface area contributed by atoms with Crippen LogP contribution in [-0.4, -0.2) is 26.2 Å². The van der Waals surface area contributed by atoms with Gasteiger partial charge in [-0.2, -0.15) is 0 Å². The van der Waals surface area contributed by atoms with Crippen molar-refractivity contribution in [1.82, 2.24) is 0 Å². The number of hydrogen-bond acceptors (Lipinski definition) is 8. The Hall–Kier alpha value is -4.20. The molecule has 0 aliphatic carbocycles. The smallest absolute Gasteiger partial charge is 0.340 e. The summed E-state index contributed by atoms with van der Waals surface area (Å²) in [5.74, 6) is 0.756. The van der Waals surface area contributed by atoms with Crippen molar-refractivity contribution >= 4 is 23.3 Å². The van der Waals surface area contributed by atoms with Gasteiger partial charge in [-0.25, -0.2) is 19.6 Å². The molecule has 2 aliphatic rings. The molecular formula is C22H14N2O6. The Morgan fingerprint density at radius 2 is 1.13 bits per heavy atom. The molecule has 2 heterocycles. The van der Waals surface area contributed by atoms with Gasteiger partial charge in [0.05, 0.1) is 25.3 Å². The molecule has 148 valence electrons. The van der Waals surface area contributed by atoms with E-state index in [0.29, 0.717) is 56.2 Å². The van der Waals surface area contributed by atoms with Crippen LogP contribution in [0.25, 0.3) is 0 Å². The summed E-state index contributed by atoms with van der Waals surface area (Å²) in [4.78, 5) is 33.3. The molecule has 0 unspecified atom stereocenters. The number of methoxy groups -OCH3 is 2. The second kappa shape index (κ2) is 6.70. The molecule has 8 nitrogen and oxygen atoms in total. The molecule has 0 saturated carbocycles. The number of hydrogen-bond donors (Lipinski definition) is 0. The first-order valence-electron chi connectivity index (χ1n) is 8.99. The Balaban J connectivity index is 1.69. The zero-order valence-electron chi connectivity index (χ0n) is 16.0. The highest BCUT2D eigenvalue weighted by molar-refractivity contribution is 5.97. The number of nitrogens with zero attached hydrogens (tertiary/aromatic N) is 2. The zero-order chi connectivity index (χ0) is 20.8. The fourth-order valence-corrected chi connectivity index (χ4v) is 3.34. The van der Waals surface area contributed by atoms with E-state index in [1.54, 1.807) is 48.5 Å². The standard InChI is InChI=1S/C22H14N2O6/c1-27-21(25)11-5-3-7-15-19(11)23-13-9-18-14(10-17(13)29-15)24-20-12(22(26)28-2)6-4-8-16(20)30-18/h3-10H,1-2H3. The molecule has 0 amide bonds. The van der Waals surface area contributed by atoms with Crippen molar-refractivity contribution in [3.05, 3.63) is 70.4 Å². The number of rotatable bonds is 2. The van der Waals surface area contributed by atoms with Gasteiger partial charge >= 0.3 is 11.9 Å². The summed E-state index contributed by atoms with van der Waals surface area (Å²) in [7, 11) is 2.62. The third-order valence-corrected chi connectivity index (χ3v) is 4.75. The second-order valence-electron chi connectivity index (χ2n) is 6.50. The van der Waals surface area contributed by atoms with Crippen LogP contribution < -0.4 is 20.2 Å². The summed E-state index contributed by atoms with van der Waals surface area (Å²) in [6.07, 6.45) is 0. The van der Waals surface area contributed by atoms with Crippen LogP contribution in [0.3, 0.4) is 0 Å². The summed E-state index contributed by atoms with van der Waals surface area (Å²) in [5.41, 5.74) is 1.38. The lowest BCUT2D eigenvalue weighted by Gasteiger charge is -2.19. The van der Waals surface area contributed by atoms with Crippen LogP contribution in [-0.2, 0) is 9.47 Å². The highest BCUT2D eigenvalue weighted by atomic mass is 16.5. The summed E-state index contributed by atoms with van der Waals surface area (Å²) >= 11 is 0. The molecule has 3 aromatic carbocycles.